The van der Waals surface area contributed by atoms with Gasteiger partial charge in [-0.2, -0.15) is 0 Å². The summed E-state index contributed by atoms with van der Waals surface area (Å²) >= 11 is 0. The Labute approximate surface area is 72.6 Å². The Morgan fingerprint density at radius 2 is 2.50 bits per heavy atom. The van der Waals surface area contributed by atoms with Gasteiger partial charge in [0, 0.05) is 0 Å². The molecular formula is C9H14O3. The Hall–Kier alpha value is -0.800. The fourth-order valence-electron chi connectivity index (χ4n) is 0.973. The quantitative estimate of drug-likeness (QED) is 0.467. The molecule has 3 heteroatoms. The molecule has 12 heavy (non-hydrogen) atoms. The van der Waals surface area contributed by atoms with Crippen molar-refractivity contribution in [1.82, 2.24) is 0 Å². The van der Waals surface area contributed by atoms with Crippen LogP contribution < -0.4 is 0 Å². The van der Waals surface area contributed by atoms with E-state index in [-0.39, 0.29) is 6.10 Å². The van der Waals surface area contributed by atoms with E-state index in [1.165, 1.54) is 0 Å². The molecule has 1 aliphatic rings. The van der Waals surface area contributed by atoms with Gasteiger partial charge in [-0.05, 0) is 0 Å². The minimum Gasteiger partial charge on any atom is -0.488 e. The normalized spacial score (nSPS) is 23.3. The fourth-order valence-corrected chi connectivity index (χ4v) is 0.973. The molecule has 1 heterocycles. The molecule has 1 fully saturated rings. The summed E-state index contributed by atoms with van der Waals surface area (Å²) in [6.07, 6.45) is 1.70. The zero-order valence-corrected chi connectivity index (χ0v) is 7.12. The predicted octanol–water partition coefficient (Wildman–Crippen LogP) is 1.12. The summed E-state index contributed by atoms with van der Waals surface area (Å²) in [4.78, 5) is 0. The zero-order valence-electron chi connectivity index (χ0n) is 7.12. The van der Waals surface area contributed by atoms with Crippen LogP contribution in [0.3, 0.4) is 0 Å². The van der Waals surface area contributed by atoms with Gasteiger partial charge in [0.25, 0.3) is 0 Å². The van der Waals surface area contributed by atoms with Crippen LogP contribution in [-0.2, 0) is 14.2 Å². The molecule has 1 atom stereocenters. The molecule has 68 valence electrons. The summed E-state index contributed by atoms with van der Waals surface area (Å²) in [5.41, 5.74) is 0. The van der Waals surface area contributed by atoms with Crippen LogP contribution in [0.1, 0.15) is 0 Å². The Morgan fingerprint density at radius 3 is 3.17 bits per heavy atom. The van der Waals surface area contributed by atoms with Crippen LogP contribution in [0.25, 0.3) is 0 Å². The van der Waals surface area contributed by atoms with Crippen LogP contribution >= 0.6 is 0 Å². The molecule has 0 saturated carbocycles. The highest BCUT2D eigenvalue weighted by Crippen LogP contribution is 2.09. The highest BCUT2D eigenvalue weighted by atomic mass is 16.6. The third kappa shape index (κ3) is 3.07. The molecule has 1 unspecified atom stereocenters. The molecule has 0 bridgehead atoms. The summed E-state index contributed by atoms with van der Waals surface area (Å²) < 4.78 is 15.8. The van der Waals surface area contributed by atoms with Crippen molar-refractivity contribution in [2.45, 2.75) is 6.10 Å². The molecule has 1 aliphatic heterocycles. The summed E-state index contributed by atoms with van der Waals surface area (Å²) in [5.74, 6) is 0.674. The van der Waals surface area contributed by atoms with Crippen molar-refractivity contribution in [1.29, 1.82) is 0 Å². The minimum atomic E-state index is -0.00815. The van der Waals surface area contributed by atoms with Crippen LogP contribution in [0.2, 0.25) is 0 Å². The zero-order chi connectivity index (χ0) is 8.81. The molecule has 0 aromatic heterocycles. The van der Waals surface area contributed by atoms with Gasteiger partial charge in [-0.15, -0.1) is 6.58 Å². The third-order valence-electron chi connectivity index (χ3n) is 1.44. The van der Waals surface area contributed by atoms with E-state index >= 15 is 0 Å². The first kappa shape index (κ1) is 9.29. The number of rotatable bonds is 4. The van der Waals surface area contributed by atoms with Crippen molar-refractivity contribution in [3.63, 3.8) is 0 Å². The predicted molar refractivity (Wildman–Crippen MR) is 45.8 cm³/mol. The van der Waals surface area contributed by atoms with E-state index in [1.807, 2.05) is 0 Å². The Kier molecular flexibility index (Phi) is 3.84. The lowest BCUT2D eigenvalue weighted by molar-refractivity contribution is -0.0748. The van der Waals surface area contributed by atoms with Crippen molar-refractivity contribution in [2.24, 2.45) is 0 Å². The van der Waals surface area contributed by atoms with Gasteiger partial charge in [0.15, 0.2) is 0 Å². The van der Waals surface area contributed by atoms with Crippen LogP contribution in [0.4, 0.5) is 0 Å². The van der Waals surface area contributed by atoms with Crippen molar-refractivity contribution in [3.8, 4) is 0 Å². The molecule has 0 radical (unpaired) electrons. The van der Waals surface area contributed by atoms with Crippen LogP contribution in [0.5, 0.6) is 0 Å². The highest BCUT2D eigenvalue weighted by Gasteiger charge is 2.16. The van der Waals surface area contributed by atoms with Crippen molar-refractivity contribution in [3.05, 3.63) is 25.0 Å². The maximum absolute atomic E-state index is 5.35. The Morgan fingerprint density at radius 1 is 1.67 bits per heavy atom. The minimum absolute atomic E-state index is 0.00815. The maximum atomic E-state index is 5.35. The van der Waals surface area contributed by atoms with Gasteiger partial charge in [-0.1, -0.05) is 12.7 Å². The average Bonchev–Trinajstić information content (AvgIpc) is 2.05. The van der Waals surface area contributed by atoms with Crippen LogP contribution in [0.15, 0.2) is 25.0 Å². The summed E-state index contributed by atoms with van der Waals surface area (Å²) in [6, 6.07) is 0. The van der Waals surface area contributed by atoms with E-state index in [1.54, 1.807) is 6.08 Å². The lowest BCUT2D eigenvalue weighted by atomic mass is 10.3. The average molecular weight is 170 g/mol. The SMILES string of the molecule is C=CCOCC1COCC(=C)O1. The standard InChI is InChI=1S/C9H14O3/c1-3-4-10-6-9-7-11-5-8(2)12-9/h3,9H,1-2,4-7H2. The topological polar surface area (TPSA) is 27.7 Å². The van der Waals surface area contributed by atoms with Gasteiger partial charge in [0.2, 0.25) is 0 Å². The van der Waals surface area contributed by atoms with Crippen molar-refractivity contribution >= 4 is 0 Å². The summed E-state index contributed by atoms with van der Waals surface area (Å²) in [7, 11) is 0. The second-order valence-corrected chi connectivity index (χ2v) is 2.62. The van der Waals surface area contributed by atoms with E-state index in [4.69, 9.17) is 14.2 Å². The van der Waals surface area contributed by atoms with Crippen molar-refractivity contribution < 1.29 is 14.2 Å². The van der Waals surface area contributed by atoms with Gasteiger partial charge in [0.1, 0.15) is 18.5 Å². The Bertz CT molecular complexity index is 165. The molecule has 0 spiro atoms. The van der Waals surface area contributed by atoms with E-state index < -0.39 is 0 Å². The van der Waals surface area contributed by atoms with Crippen LogP contribution in [-0.4, -0.2) is 32.5 Å². The van der Waals surface area contributed by atoms with Crippen molar-refractivity contribution in [2.75, 3.05) is 26.4 Å². The highest BCUT2D eigenvalue weighted by molar-refractivity contribution is 4.87. The molecule has 0 aromatic carbocycles. The number of hydrogen-bond donors (Lipinski definition) is 0. The number of ether oxygens (including phenoxy) is 3. The molecule has 0 aromatic rings. The smallest absolute Gasteiger partial charge is 0.145 e. The molecule has 0 aliphatic carbocycles. The molecule has 3 nitrogen and oxygen atoms in total. The number of hydrogen-bond acceptors (Lipinski definition) is 3. The van der Waals surface area contributed by atoms with Gasteiger partial charge < -0.3 is 14.2 Å². The first-order valence-corrected chi connectivity index (χ1v) is 3.93. The van der Waals surface area contributed by atoms with E-state index in [9.17, 15) is 0 Å². The second kappa shape index (κ2) is 4.95. The molecule has 1 saturated heterocycles. The molecule has 0 amide bonds. The third-order valence-corrected chi connectivity index (χ3v) is 1.44. The summed E-state index contributed by atoms with van der Waals surface area (Å²) in [6.45, 7) is 9.37. The molecule has 0 N–H and O–H groups in total. The second-order valence-electron chi connectivity index (χ2n) is 2.62. The largest absolute Gasteiger partial charge is 0.488 e. The first-order chi connectivity index (χ1) is 5.83. The van der Waals surface area contributed by atoms with Gasteiger partial charge in [-0.3, -0.25) is 0 Å². The molecule has 1 rings (SSSR count). The first-order valence-electron chi connectivity index (χ1n) is 3.93. The lowest BCUT2D eigenvalue weighted by Gasteiger charge is -2.25. The fraction of sp³-hybridized carbons (Fsp3) is 0.556. The van der Waals surface area contributed by atoms with E-state index in [2.05, 4.69) is 13.2 Å². The van der Waals surface area contributed by atoms with Crippen LogP contribution in [0, 0.1) is 0 Å². The summed E-state index contributed by atoms with van der Waals surface area (Å²) in [5, 5.41) is 0. The van der Waals surface area contributed by atoms with E-state index in [0.717, 1.165) is 0 Å². The van der Waals surface area contributed by atoms with Gasteiger partial charge >= 0.3 is 0 Å². The monoisotopic (exact) mass is 170 g/mol. The van der Waals surface area contributed by atoms with Gasteiger partial charge in [0.05, 0.1) is 19.8 Å². The maximum Gasteiger partial charge on any atom is 0.145 e. The van der Waals surface area contributed by atoms with E-state index in [0.29, 0.717) is 32.2 Å². The lowest BCUT2D eigenvalue weighted by Crippen LogP contribution is -2.31. The Balaban J connectivity index is 2.14. The molecular weight excluding hydrogens is 156 g/mol. The van der Waals surface area contributed by atoms with Gasteiger partial charge in [-0.25, -0.2) is 0 Å².